The monoisotopic (exact) mass is 538 g/mol. The third-order valence-electron chi connectivity index (χ3n) is 4.79. The molecule has 2 aliphatic rings. The molecule has 17 heteroatoms. The minimum Gasteiger partial charge on any atom is -0.481 e. The van der Waals surface area contributed by atoms with Crippen LogP contribution in [0.4, 0.5) is 5.82 Å². The number of aromatic nitrogens is 4. The summed E-state index contributed by atoms with van der Waals surface area (Å²) in [5.41, 5.74) is 7.49. The Morgan fingerprint density at radius 3 is 2.86 bits per heavy atom. The highest BCUT2D eigenvalue weighted by Crippen LogP contribution is 2.41. The minimum atomic E-state index is -1.22. The summed E-state index contributed by atoms with van der Waals surface area (Å²) in [6.45, 7) is 0. The number of carbonyl (C=O) groups is 3. The number of oxime groups is 1. The topological polar surface area (TPSA) is 195 Å². The molecule has 2 amide bonds. The first-order valence-electron chi connectivity index (χ1n) is 9.74. The summed E-state index contributed by atoms with van der Waals surface area (Å²) in [6, 6.07) is 0.377. The highest BCUT2D eigenvalue weighted by molar-refractivity contribution is 8.01. The summed E-state index contributed by atoms with van der Waals surface area (Å²) in [5.74, 6) is -1.89. The van der Waals surface area contributed by atoms with Crippen LogP contribution in [0.15, 0.2) is 32.3 Å². The number of methoxy groups -OCH3 is 1. The van der Waals surface area contributed by atoms with Gasteiger partial charge >= 0.3 is 5.97 Å². The van der Waals surface area contributed by atoms with Crippen LogP contribution in [-0.2, 0) is 19.2 Å². The number of fused-ring (bicyclic) bond motifs is 1. The highest BCUT2D eigenvalue weighted by atomic mass is 32.2. The van der Waals surface area contributed by atoms with Crippen molar-refractivity contribution in [1.82, 2.24) is 30.4 Å². The lowest BCUT2D eigenvalue weighted by Gasteiger charge is -2.49. The van der Waals surface area contributed by atoms with Crippen molar-refractivity contribution in [2.75, 3.05) is 31.5 Å². The molecule has 4 rings (SSSR count). The fourth-order valence-electron chi connectivity index (χ4n) is 3.31. The normalized spacial score (nSPS) is 19.7. The third-order valence-corrected chi connectivity index (χ3v) is 8.07. The largest absolute Gasteiger partial charge is 0.481 e. The number of aliphatic carboxylic acids is 1. The molecule has 1 fully saturated rings. The summed E-state index contributed by atoms with van der Waals surface area (Å²) in [5, 5.41) is 23.1. The lowest BCUT2D eigenvalue weighted by Crippen LogP contribution is -2.71. The molecule has 0 saturated carbocycles. The Morgan fingerprint density at radius 2 is 2.20 bits per heavy atom. The van der Waals surface area contributed by atoms with E-state index in [4.69, 9.17) is 15.3 Å². The number of nitrogens with two attached hydrogens (primary N) is 1. The fraction of sp³-hybridized carbons (Fsp3) is 0.333. The molecule has 14 nitrogen and oxygen atoms in total. The number of ether oxygens (including phenoxy) is 1. The zero-order chi connectivity index (χ0) is 25.1. The number of hydrogen-bond donors (Lipinski definition) is 3. The van der Waals surface area contributed by atoms with Crippen LogP contribution < -0.4 is 15.8 Å². The first-order chi connectivity index (χ1) is 16.8. The minimum absolute atomic E-state index is 0.0346. The zero-order valence-corrected chi connectivity index (χ0v) is 20.6. The van der Waals surface area contributed by atoms with Crippen LogP contribution in [0.1, 0.15) is 5.82 Å². The summed E-state index contributed by atoms with van der Waals surface area (Å²) >= 11 is 4.03. The molecule has 2 aromatic rings. The molecule has 35 heavy (non-hydrogen) atoms. The molecule has 2 atom stereocenters. The van der Waals surface area contributed by atoms with Crippen LogP contribution in [0.25, 0.3) is 0 Å². The highest BCUT2D eigenvalue weighted by Gasteiger charge is 2.54. The number of anilines is 1. The van der Waals surface area contributed by atoms with Gasteiger partial charge in [-0.05, 0) is 5.57 Å². The molecule has 0 aliphatic carbocycles. The predicted octanol–water partition coefficient (Wildman–Crippen LogP) is -0.200. The summed E-state index contributed by atoms with van der Waals surface area (Å²) in [4.78, 5) is 51.9. The Balaban J connectivity index is 1.51. The molecule has 0 spiro atoms. The number of thioether (sulfide) groups is 2. The van der Waals surface area contributed by atoms with Crippen LogP contribution in [0.5, 0.6) is 5.88 Å². The maximum Gasteiger partial charge on any atom is 0.352 e. The molecule has 2 aromatic heterocycles. The van der Waals surface area contributed by atoms with Crippen molar-refractivity contribution in [2.24, 2.45) is 5.16 Å². The van der Waals surface area contributed by atoms with Crippen LogP contribution >= 0.6 is 34.9 Å². The second-order valence-corrected chi connectivity index (χ2v) is 10.1. The van der Waals surface area contributed by atoms with Crippen molar-refractivity contribution in [1.29, 1.82) is 0 Å². The van der Waals surface area contributed by atoms with E-state index < -0.39 is 29.2 Å². The van der Waals surface area contributed by atoms with Crippen molar-refractivity contribution in [3.63, 3.8) is 0 Å². The lowest BCUT2D eigenvalue weighted by molar-refractivity contribution is -0.150. The predicted molar refractivity (Wildman–Crippen MR) is 127 cm³/mol. The molecule has 184 valence electrons. The van der Waals surface area contributed by atoms with Gasteiger partial charge in [-0.2, -0.15) is 4.98 Å². The molecule has 4 N–H and O–H groups in total. The summed E-state index contributed by atoms with van der Waals surface area (Å²) in [7, 11) is 2.60. The Hall–Kier alpha value is -3.44. The van der Waals surface area contributed by atoms with Gasteiger partial charge in [0.15, 0.2) is 10.2 Å². The number of β-lactam (4-membered cyclic amide) rings is 1. The molecular formula is C18H18N8O6S3. The van der Waals surface area contributed by atoms with Gasteiger partial charge in [0.25, 0.3) is 11.8 Å². The first kappa shape index (κ1) is 24.7. The van der Waals surface area contributed by atoms with Crippen molar-refractivity contribution < 1.29 is 29.1 Å². The Kier molecular flexibility index (Phi) is 7.37. The number of amides is 2. The molecule has 1 saturated heterocycles. The number of carboxylic acids is 1. The number of nitrogen functional groups attached to an aromatic ring is 1. The number of nitrogens with one attached hydrogen (secondary N) is 1. The average Bonchev–Trinajstić information content (AvgIpc) is 3.36. The fourth-order valence-corrected chi connectivity index (χ4v) is 6.28. The van der Waals surface area contributed by atoms with Gasteiger partial charge in [-0.15, -0.1) is 22.0 Å². The number of hydrogen-bond acceptors (Lipinski definition) is 14. The van der Waals surface area contributed by atoms with Crippen LogP contribution in [0, 0.1) is 0 Å². The van der Waals surface area contributed by atoms with Gasteiger partial charge in [0.1, 0.15) is 35.6 Å². The number of carbonyl (C=O) groups excluding carboxylic acids is 2. The van der Waals surface area contributed by atoms with Gasteiger partial charge in [0.2, 0.25) is 11.6 Å². The van der Waals surface area contributed by atoms with Gasteiger partial charge < -0.3 is 25.7 Å². The number of nitrogens with zero attached hydrogens (tertiary/aromatic N) is 6. The number of carboxylic acid groups (broad SMARTS) is 1. The number of rotatable bonds is 9. The van der Waals surface area contributed by atoms with E-state index in [0.29, 0.717) is 21.4 Å². The quantitative estimate of drug-likeness (QED) is 0.164. The van der Waals surface area contributed by atoms with E-state index >= 15 is 0 Å². The summed E-state index contributed by atoms with van der Waals surface area (Å²) < 4.78 is 5.73. The van der Waals surface area contributed by atoms with E-state index in [1.165, 1.54) is 60.0 Å². The second-order valence-electron chi connectivity index (χ2n) is 6.89. The molecular weight excluding hydrogens is 520 g/mol. The molecule has 0 radical (unpaired) electrons. The molecule has 0 aromatic carbocycles. The van der Waals surface area contributed by atoms with Crippen LogP contribution in [-0.4, -0.2) is 90.8 Å². The SMILES string of the molecule is CON=C(C(=O)NC1C(=O)N2C(C(=O)O)=C(CSc3nncs3)CS[C@H]12)c1nc(N)cc(OC)n1. The summed E-state index contributed by atoms with van der Waals surface area (Å²) in [6.07, 6.45) is 0. The van der Waals surface area contributed by atoms with E-state index in [-0.39, 0.29) is 28.9 Å². The van der Waals surface area contributed by atoms with Gasteiger partial charge in [-0.3, -0.25) is 14.5 Å². The lowest BCUT2D eigenvalue weighted by atomic mass is 10.0. The zero-order valence-electron chi connectivity index (χ0n) is 18.2. The van der Waals surface area contributed by atoms with E-state index in [2.05, 4.69) is 30.6 Å². The van der Waals surface area contributed by atoms with Gasteiger partial charge in [0.05, 0.1) is 7.11 Å². The molecule has 0 bridgehead atoms. The Labute approximate surface area is 210 Å². The van der Waals surface area contributed by atoms with Crippen molar-refractivity contribution in [2.45, 2.75) is 15.8 Å². The maximum atomic E-state index is 13.0. The second kappa shape index (κ2) is 10.4. The standard InChI is InChI=1S/C18H18N8O6S3/c1-31-9-3-8(19)21-13(22-9)10(25-32-2)14(27)23-11-15(28)26-12(17(29)30)7(4-33-16(11)26)5-34-18-24-20-6-35-18/h3,6,11,16H,4-5H2,1-2H3,(H,23,27)(H,29,30)(H2,19,21,22)/t11?,16-/m1/s1. The van der Waals surface area contributed by atoms with E-state index in [0.717, 1.165) is 0 Å². The third kappa shape index (κ3) is 5.01. The molecule has 4 heterocycles. The van der Waals surface area contributed by atoms with Crippen molar-refractivity contribution in [3.8, 4) is 5.88 Å². The maximum absolute atomic E-state index is 13.0. The Morgan fingerprint density at radius 1 is 1.40 bits per heavy atom. The van der Waals surface area contributed by atoms with Gasteiger partial charge in [-0.1, -0.05) is 28.3 Å². The van der Waals surface area contributed by atoms with Gasteiger partial charge in [-0.25, -0.2) is 9.78 Å². The van der Waals surface area contributed by atoms with Crippen LogP contribution in [0.2, 0.25) is 0 Å². The average molecular weight is 539 g/mol. The van der Waals surface area contributed by atoms with Crippen molar-refractivity contribution >= 4 is 64.2 Å². The Bertz CT molecular complexity index is 1220. The van der Waals surface area contributed by atoms with Crippen LogP contribution in [0.3, 0.4) is 0 Å². The molecule has 1 unspecified atom stereocenters. The van der Waals surface area contributed by atoms with E-state index in [9.17, 15) is 19.5 Å². The molecule has 2 aliphatic heterocycles. The smallest absolute Gasteiger partial charge is 0.352 e. The van der Waals surface area contributed by atoms with Crippen molar-refractivity contribution in [3.05, 3.63) is 28.7 Å². The first-order valence-corrected chi connectivity index (χ1v) is 12.6. The van der Waals surface area contributed by atoms with E-state index in [1.54, 1.807) is 5.51 Å². The van der Waals surface area contributed by atoms with E-state index in [1.807, 2.05) is 0 Å². The van der Waals surface area contributed by atoms with Gasteiger partial charge in [0, 0.05) is 17.6 Å².